The monoisotopic (exact) mass is 225 g/mol. The molecule has 0 aromatic rings. The maximum absolute atomic E-state index is 11.5. The van der Waals surface area contributed by atoms with Gasteiger partial charge in [0.15, 0.2) is 0 Å². The quantitative estimate of drug-likeness (QED) is 0.658. The standard InChI is InChI=1S/C14H27NO/c1-2-3-7-12-15-14(16)11-10-13-8-5-4-6-9-13/h13H,2-12H2,1H3,(H,15,16). The fourth-order valence-corrected chi connectivity index (χ4v) is 2.50. The molecule has 1 aliphatic rings. The first-order valence-electron chi connectivity index (χ1n) is 7.09. The normalized spacial score (nSPS) is 17.3. The molecule has 0 spiro atoms. The summed E-state index contributed by atoms with van der Waals surface area (Å²) in [5.74, 6) is 1.09. The summed E-state index contributed by atoms with van der Waals surface area (Å²) in [5.41, 5.74) is 0. The lowest BCUT2D eigenvalue weighted by atomic mass is 9.86. The van der Waals surface area contributed by atoms with Crippen LogP contribution >= 0.6 is 0 Å². The highest BCUT2D eigenvalue weighted by molar-refractivity contribution is 5.75. The van der Waals surface area contributed by atoms with Crippen LogP contribution in [0.4, 0.5) is 0 Å². The van der Waals surface area contributed by atoms with Crippen LogP contribution < -0.4 is 5.32 Å². The first kappa shape index (κ1) is 13.5. The zero-order valence-corrected chi connectivity index (χ0v) is 10.8. The van der Waals surface area contributed by atoms with Crippen LogP contribution in [0.2, 0.25) is 0 Å². The predicted octanol–water partition coefficient (Wildman–Crippen LogP) is 3.65. The number of nitrogens with one attached hydrogen (secondary N) is 1. The Balaban J connectivity index is 1.96. The zero-order chi connectivity index (χ0) is 11.6. The van der Waals surface area contributed by atoms with E-state index in [2.05, 4.69) is 12.2 Å². The Hall–Kier alpha value is -0.530. The second-order valence-electron chi connectivity index (χ2n) is 5.10. The Labute approximate surface area is 100 Å². The summed E-state index contributed by atoms with van der Waals surface area (Å²) in [6.45, 7) is 3.06. The summed E-state index contributed by atoms with van der Waals surface area (Å²) in [6.07, 6.45) is 12.3. The van der Waals surface area contributed by atoms with Gasteiger partial charge in [0.05, 0.1) is 0 Å². The van der Waals surface area contributed by atoms with Gasteiger partial charge in [0.2, 0.25) is 5.91 Å². The van der Waals surface area contributed by atoms with Crippen LogP contribution in [0.3, 0.4) is 0 Å². The molecule has 0 aliphatic heterocycles. The highest BCUT2D eigenvalue weighted by atomic mass is 16.1. The summed E-state index contributed by atoms with van der Waals surface area (Å²) < 4.78 is 0. The smallest absolute Gasteiger partial charge is 0.220 e. The van der Waals surface area contributed by atoms with E-state index < -0.39 is 0 Å². The van der Waals surface area contributed by atoms with Crippen molar-refractivity contribution in [3.8, 4) is 0 Å². The average molecular weight is 225 g/mol. The van der Waals surface area contributed by atoms with Gasteiger partial charge in [0.1, 0.15) is 0 Å². The predicted molar refractivity (Wildman–Crippen MR) is 68.3 cm³/mol. The van der Waals surface area contributed by atoms with Gasteiger partial charge in [-0.25, -0.2) is 0 Å². The maximum Gasteiger partial charge on any atom is 0.220 e. The largest absolute Gasteiger partial charge is 0.356 e. The number of rotatable bonds is 7. The number of hydrogen-bond donors (Lipinski definition) is 1. The fraction of sp³-hybridized carbons (Fsp3) is 0.929. The molecule has 0 aromatic carbocycles. The summed E-state index contributed by atoms with van der Waals surface area (Å²) in [6, 6.07) is 0. The van der Waals surface area contributed by atoms with Crippen LogP contribution in [0.15, 0.2) is 0 Å². The van der Waals surface area contributed by atoms with E-state index >= 15 is 0 Å². The van der Waals surface area contributed by atoms with Crippen molar-refractivity contribution >= 4 is 5.91 Å². The summed E-state index contributed by atoms with van der Waals surface area (Å²) in [4.78, 5) is 11.5. The minimum absolute atomic E-state index is 0.265. The van der Waals surface area contributed by atoms with Crippen molar-refractivity contribution in [2.45, 2.75) is 71.1 Å². The Bertz CT molecular complexity index is 185. The molecule has 0 atom stereocenters. The third-order valence-corrected chi connectivity index (χ3v) is 3.61. The molecular formula is C14H27NO. The van der Waals surface area contributed by atoms with E-state index in [1.807, 2.05) is 0 Å². The third-order valence-electron chi connectivity index (χ3n) is 3.61. The highest BCUT2D eigenvalue weighted by Gasteiger charge is 2.14. The molecule has 1 N–H and O–H groups in total. The molecule has 1 fully saturated rings. The van der Waals surface area contributed by atoms with Crippen LogP contribution in [0.1, 0.15) is 71.1 Å². The molecule has 16 heavy (non-hydrogen) atoms. The Kier molecular flexibility index (Phi) is 7.28. The number of carbonyl (C=O) groups is 1. The van der Waals surface area contributed by atoms with Gasteiger partial charge in [-0.3, -0.25) is 4.79 Å². The molecular weight excluding hydrogens is 198 g/mol. The van der Waals surface area contributed by atoms with Crippen LogP contribution in [-0.2, 0) is 4.79 Å². The maximum atomic E-state index is 11.5. The van der Waals surface area contributed by atoms with E-state index in [0.717, 1.165) is 31.7 Å². The molecule has 0 heterocycles. The van der Waals surface area contributed by atoms with Crippen molar-refractivity contribution in [1.29, 1.82) is 0 Å². The summed E-state index contributed by atoms with van der Waals surface area (Å²) in [5, 5.41) is 3.02. The number of carbonyl (C=O) groups excluding carboxylic acids is 1. The van der Waals surface area contributed by atoms with E-state index in [0.29, 0.717) is 0 Å². The van der Waals surface area contributed by atoms with Crippen LogP contribution in [0.5, 0.6) is 0 Å². The molecule has 1 aliphatic carbocycles. The minimum Gasteiger partial charge on any atom is -0.356 e. The second-order valence-corrected chi connectivity index (χ2v) is 5.10. The number of unbranched alkanes of at least 4 members (excludes halogenated alkanes) is 2. The van der Waals surface area contributed by atoms with Crippen molar-refractivity contribution < 1.29 is 4.79 Å². The van der Waals surface area contributed by atoms with Crippen LogP contribution in [0.25, 0.3) is 0 Å². The fourth-order valence-electron chi connectivity index (χ4n) is 2.50. The van der Waals surface area contributed by atoms with Gasteiger partial charge in [-0.2, -0.15) is 0 Å². The van der Waals surface area contributed by atoms with Gasteiger partial charge in [0.25, 0.3) is 0 Å². The van der Waals surface area contributed by atoms with E-state index in [4.69, 9.17) is 0 Å². The third kappa shape index (κ3) is 6.14. The molecule has 1 saturated carbocycles. The topological polar surface area (TPSA) is 29.1 Å². The molecule has 1 amide bonds. The molecule has 0 aromatic heterocycles. The highest BCUT2D eigenvalue weighted by Crippen LogP contribution is 2.27. The number of hydrogen-bond acceptors (Lipinski definition) is 1. The van der Waals surface area contributed by atoms with Crippen molar-refractivity contribution in [1.82, 2.24) is 5.32 Å². The molecule has 0 bridgehead atoms. The van der Waals surface area contributed by atoms with Gasteiger partial charge in [0, 0.05) is 13.0 Å². The molecule has 1 rings (SSSR count). The lowest BCUT2D eigenvalue weighted by molar-refractivity contribution is -0.121. The van der Waals surface area contributed by atoms with Gasteiger partial charge in [-0.1, -0.05) is 51.9 Å². The van der Waals surface area contributed by atoms with E-state index in [9.17, 15) is 4.79 Å². The molecule has 94 valence electrons. The first-order chi connectivity index (χ1) is 7.83. The summed E-state index contributed by atoms with van der Waals surface area (Å²) >= 11 is 0. The molecule has 2 heteroatoms. The lowest BCUT2D eigenvalue weighted by Gasteiger charge is -2.20. The van der Waals surface area contributed by atoms with Crippen molar-refractivity contribution in [3.63, 3.8) is 0 Å². The number of amides is 1. The average Bonchev–Trinajstić information content (AvgIpc) is 2.33. The van der Waals surface area contributed by atoms with Gasteiger partial charge in [-0.15, -0.1) is 0 Å². The van der Waals surface area contributed by atoms with Gasteiger partial charge >= 0.3 is 0 Å². The zero-order valence-electron chi connectivity index (χ0n) is 10.8. The Morgan fingerprint density at radius 2 is 1.94 bits per heavy atom. The Morgan fingerprint density at radius 1 is 1.19 bits per heavy atom. The summed E-state index contributed by atoms with van der Waals surface area (Å²) in [7, 11) is 0. The van der Waals surface area contributed by atoms with Gasteiger partial charge < -0.3 is 5.32 Å². The van der Waals surface area contributed by atoms with E-state index in [1.165, 1.54) is 44.9 Å². The molecule has 0 radical (unpaired) electrons. The van der Waals surface area contributed by atoms with Crippen molar-refractivity contribution in [2.75, 3.05) is 6.54 Å². The van der Waals surface area contributed by atoms with Crippen LogP contribution in [0, 0.1) is 5.92 Å². The molecule has 0 unspecified atom stereocenters. The van der Waals surface area contributed by atoms with Crippen LogP contribution in [-0.4, -0.2) is 12.5 Å². The minimum atomic E-state index is 0.265. The van der Waals surface area contributed by atoms with Crippen molar-refractivity contribution in [2.24, 2.45) is 5.92 Å². The molecule has 0 saturated heterocycles. The lowest BCUT2D eigenvalue weighted by Crippen LogP contribution is -2.25. The Morgan fingerprint density at radius 3 is 2.62 bits per heavy atom. The van der Waals surface area contributed by atoms with E-state index in [1.54, 1.807) is 0 Å². The second kappa shape index (κ2) is 8.60. The SMILES string of the molecule is CCCCCNC(=O)CCC1CCCCC1. The van der Waals surface area contributed by atoms with Gasteiger partial charge in [-0.05, 0) is 18.8 Å². The van der Waals surface area contributed by atoms with Crippen molar-refractivity contribution in [3.05, 3.63) is 0 Å². The first-order valence-corrected chi connectivity index (χ1v) is 7.09. The van der Waals surface area contributed by atoms with E-state index in [-0.39, 0.29) is 5.91 Å². The molecule has 2 nitrogen and oxygen atoms in total.